The molecular formula is C24H31N5O2. The molecule has 5 rings (SSSR count). The topological polar surface area (TPSA) is 65.2 Å². The number of rotatable bonds is 7. The van der Waals surface area contributed by atoms with Crippen molar-refractivity contribution in [3.05, 3.63) is 46.6 Å². The highest BCUT2D eigenvalue weighted by Crippen LogP contribution is 2.31. The molecule has 0 unspecified atom stereocenters. The molecule has 0 atom stereocenters. The summed E-state index contributed by atoms with van der Waals surface area (Å²) in [5.74, 6) is 0.779. The highest BCUT2D eigenvalue weighted by molar-refractivity contribution is 5.77. The van der Waals surface area contributed by atoms with Crippen molar-refractivity contribution in [3.8, 4) is 11.4 Å². The SMILES string of the molecule is CCc1nn(C2CCCC2)c2ncn(-c3cccc(OCCN4CCCC4)c3)c(=O)c12. The smallest absolute Gasteiger partial charge is 0.269 e. The Morgan fingerprint density at radius 3 is 2.71 bits per heavy atom. The Balaban J connectivity index is 1.43. The molecule has 0 bridgehead atoms. The Bertz CT molecular complexity index is 1110. The minimum atomic E-state index is -0.0553. The van der Waals surface area contributed by atoms with Crippen molar-refractivity contribution in [1.29, 1.82) is 0 Å². The number of ether oxygens (including phenoxy) is 1. The maximum Gasteiger partial charge on any atom is 0.269 e. The number of hydrogen-bond acceptors (Lipinski definition) is 5. The normalized spacial score (nSPS) is 17.7. The van der Waals surface area contributed by atoms with Gasteiger partial charge in [-0.15, -0.1) is 0 Å². The van der Waals surface area contributed by atoms with Crippen molar-refractivity contribution in [2.75, 3.05) is 26.2 Å². The summed E-state index contributed by atoms with van der Waals surface area (Å²) in [6.45, 7) is 5.98. The average Bonchev–Trinajstić information content (AvgIpc) is 3.55. The Labute approximate surface area is 182 Å². The van der Waals surface area contributed by atoms with Crippen LogP contribution in [0.2, 0.25) is 0 Å². The van der Waals surface area contributed by atoms with E-state index < -0.39 is 0 Å². The lowest BCUT2D eigenvalue weighted by atomic mass is 10.2. The zero-order valence-corrected chi connectivity index (χ0v) is 18.3. The molecule has 164 valence electrons. The van der Waals surface area contributed by atoms with Crippen molar-refractivity contribution >= 4 is 11.0 Å². The summed E-state index contributed by atoms with van der Waals surface area (Å²) in [7, 11) is 0. The first-order valence-corrected chi connectivity index (χ1v) is 11.7. The molecule has 0 spiro atoms. The van der Waals surface area contributed by atoms with E-state index >= 15 is 0 Å². The number of aryl methyl sites for hydroxylation is 1. The molecule has 0 N–H and O–H groups in total. The third-order valence-electron chi connectivity index (χ3n) is 6.66. The van der Waals surface area contributed by atoms with E-state index in [1.807, 2.05) is 35.9 Å². The van der Waals surface area contributed by atoms with E-state index in [-0.39, 0.29) is 5.56 Å². The highest BCUT2D eigenvalue weighted by Gasteiger charge is 2.24. The van der Waals surface area contributed by atoms with Crippen molar-refractivity contribution in [2.45, 2.75) is 57.9 Å². The fraction of sp³-hybridized carbons (Fsp3) is 0.542. The summed E-state index contributed by atoms with van der Waals surface area (Å²) >= 11 is 0. The Morgan fingerprint density at radius 2 is 1.94 bits per heavy atom. The van der Waals surface area contributed by atoms with Crippen LogP contribution in [-0.2, 0) is 6.42 Å². The summed E-state index contributed by atoms with van der Waals surface area (Å²) in [6.07, 6.45) is 9.58. The van der Waals surface area contributed by atoms with Crippen LogP contribution in [0.4, 0.5) is 0 Å². The van der Waals surface area contributed by atoms with Crippen molar-refractivity contribution in [3.63, 3.8) is 0 Å². The van der Waals surface area contributed by atoms with Gasteiger partial charge in [0.25, 0.3) is 5.56 Å². The van der Waals surface area contributed by atoms with Gasteiger partial charge in [0.05, 0.1) is 17.4 Å². The van der Waals surface area contributed by atoms with Gasteiger partial charge in [-0.2, -0.15) is 5.10 Å². The summed E-state index contributed by atoms with van der Waals surface area (Å²) in [5.41, 5.74) is 2.28. The highest BCUT2D eigenvalue weighted by atomic mass is 16.5. The van der Waals surface area contributed by atoms with Gasteiger partial charge in [0, 0.05) is 12.6 Å². The molecule has 2 aromatic heterocycles. The summed E-state index contributed by atoms with van der Waals surface area (Å²) < 4.78 is 9.61. The number of hydrogen-bond donors (Lipinski definition) is 0. The summed E-state index contributed by atoms with van der Waals surface area (Å²) in [5, 5.41) is 5.44. The zero-order chi connectivity index (χ0) is 21.2. The minimum absolute atomic E-state index is 0.0553. The van der Waals surface area contributed by atoms with Gasteiger partial charge in [-0.3, -0.25) is 14.3 Å². The molecule has 7 nitrogen and oxygen atoms in total. The molecule has 2 aliphatic rings. The van der Waals surface area contributed by atoms with Gasteiger partial charge in [-0.1, -0.05) is 25.8 Å². The van der Waals surface area contributed by atoms with Gasteiger partial charge in [-0.05, 0) is 57.3 Å². The molecule has 1 saturated heterocycles. The lowest BCUT2D eigenvalue weighted by Gasteiger charge is -2.15. The standard InChI is InChI=1S/C24H31N5O2/c1-2-21-22-23(29(26-21)18-8-3-4-9-18)25-17-28(24(22)30)19-10-7-11-20(16-19)31-15-14-27-12-5-6-13-27/h7,10-11,16-18H,2-6,8-9,12-15H2,1H3. The van der Waals surface area contributed by atoms with E-state index in [0.29, 0.717) is 18.0 Å². The fourth-order valence-corrected chi connectivity index (χ4v) is 4.96. The molecule has 0 radical (unpaired) electrons. The third kappa shape index (κ3) is 3.99. The van der Waals surface area contributed by atoms with E-state index in [4.69, 9.17) is 14.8 Å². The van der Waals surface area contributed by atoms with Crippen LogP contribution in [0.15, 0.2) is 35.4 Å². The zero-order valence-electron chi connectivity index (χ0n) is 18.3. The molecule has 31 heavy (non-hydrogen) atoms. The summed E-state index contributed by atoms with van der Waals surface area (Å²) in [6, 6.07) is 8.08. The quantitative estimate of drug-likeness (QED) is 0.582. The van der Waals surface area contributed by atoms with Crippen LogP contribution in [0.5, 0.6) is 5.75 Å². The second-order valence-corrected chi connectivity index (χ2v) is 8.70. The Hall–Kier alpha value is -2.67. The predicted octanol–water partition coefficient (Wildman–Crippen LogP) is 3.73. The van der Waals surface area contributed by atoms with Crippen LogP contribution < -0.4 is 10.3 Å². The number of likely N-dealkylation sites (tertiary alicyclic amines) is 1. The van der Waals surface area contributed by atoms with E-state index in [2.05, 4.69) is 4.90 Å². The molecule has 7 heteroatoms. The average molecular weight is 422 g/mol. The van der Waals surface area contributed by atoms with Crippen LogP contribution in [0.3, 0.4) is 0 Å². The molecule has 0 amide bonds. The Kier molecular flexibility index (Phi) is 5.76. The molecule has 3 aromatic rings. The van der Waals surface area contributed by atoms with Crippen LogP contribution in [-0.4, -0.2) is 50.5 Å². The molecule has 1 aliphatic heterocycles. The van der Waals surface area contributed by atoms with Gasteiger partial charge >= 0.3 is 0 Å². The largest absolute Gasteiger partial charge is 0.492 e. The Morgan fingerprint density at radius 1 is 1.13 bits per heavy atom. The van der Waals surface area contributed by atoms with Gasteiger partial charge < -0.3 is 4.74 Å². The van der Waals surface area contributed by atoms with Gasteiger partial charge in [0.1, 0.15) is 24.1 Å². The van der Waals surface area contributed by atoms with Crippen molar-refractivity contribution < 1.29 is 4.74 Å². The molecule has 1 aromatic carbocycles. The summed E-state index contributed by atoms with van der Waals surface area (Å²) in [4.78, 5) is 20.6. The molecule has 1 saturated carbocycles. The van der Waals surface area contributed by atoms with E-state index in [1.54, 1.807) is 10.9 Å². The van der Waals surface area contributed by atoms with Crippen LogP contribution >= 0.6 is 0 Å². The van der Waals surface area contributed by atoms with E-state index in [9.17, 15) is 4.79 Å². The molecular weight excluding hydrogens is 390 g/mol. The van der Waals surface area contributed by atoms with E-state index in [0.717, 1.165) is 48.6 Å². The number of aromatic nitrogens is 4. The van der Waals surface area contributed by atoms with Crippen molar-refractivity contribution in [2.24, 2.45) is 0 Å². The molecule has 1 aliphatic carbocycles. The van der Waals surface area contributed by atoms with Crippen LogP contribution in [0.25, 0.3) is 16.7 Å². The van der Waals surface area contributed by atoms with Crippen molar-refractivity contribution in [1.82, 2.24) is 24.2 Å². The predicted molar refractivity (Wildman–Crippen MR) is 121 cm³/mol. The first-order chi connectivity index (χ1) is 15.2. The maximum absolute atomic E-state index is 13.5. The second kappa shape index (κ2) is 8.83. The second-order valence-electron chi connectivity index (χ2n) is 8.70. The lowest BCUT2D eigenvalue weighted by Crippen LogP contribution is -2.25. The van der Waals surface area contributed by atoms with Crippen LogP contribution in [0.1, 0.15) is 57.2 Å². The first kappa shape index (κ1) is 20.2. The monoisotopic (exact) mass is 421 g/mol. The van der Waals surface area contributed by atoms with Crippen LogP contribution in [0, 0.1) is 0 Å². The van der Waals surface area contributed by atoms with Gasteiger partial charge in [-0.25, -0.2) is 9.67 Å². The van der Waals surface area contributed by atoms with Gasteiger partial charge in [0.2, 0.25) is 0 Å². The number of benzene rings is 1. The minimum Gasteiger partial charge on any atom is -0.492 e. The van der Waals surface area contributed by atoms with Gasteiger partial charge in [0.15, 0.2) is 5.65 Å². The fourth-order valence-electron chi connectivity index (χ4n) is 4.96. The van der Waals surface area contributed by atoms with E-state index in [1.165, 1.54) is 38.8 Å². The lowest BCUT2D eigenvalue weighted by molar-refractivity contribution is 0.238. The first-order valence-electron chi connectivity index (χ1n) is 11.7. The molecule has 2 fully saturated rings. The molecule has 3 heterocycles. The third-order valence-corrected chi connectivity index (χ3v) is 6.66. The number of nitrogens with zero attached hydrogens (tertiary/aromatic N) is 5. The number of fused-ring (bicyclic) bond motifs is 1. The maximum atomic E-state index is 13.5.